The van der Waals surface area contributed by atoms with Crippen molar-refractivity contribution in [2.75, 3.05) is 0 Å². The summed E-state index contributed by atoms with van der Waals surface area (Å²) in [7, 11) is 0. The van der Waals surface area contributed by atoms with E-state index in [0.717, 1.165) is 16.5 Å². The van der Waals surface area contributed by atoms with Gasteiger partial charge in [0.1, 0.15) is 5.76 Å². The van der Waals surface area contributed by atoms with E-state index in [1.807, 2.05) is 67.6 Å². The highest BCUT2D eigenvalue weighted by Gasteiger charge is 2.22. The number of Topliss-reactive ketones (excluding diaryl/α,β-unsaturated/α-hetero) is 1. The normalized spacial score (nSPS) is 11.9. The average molecular weight is 365 g/mol. The molecule has 0 spiro atoms. The molecule has 1 heterocycles. The van der Waals surface area contributed by atoms with E-state index in [1.165, 1.54) is 0 Å². The van der Waals surface area contributed by atoms with Crippen LogP contribution in [0.25, 0.3) is 22.2 Å². The van der Waals surface area contributed by atoms with Gasteiger partial charge in [-0.3, -0.25) is 4.79 Å². The van der Waals surface area contributed by atoms with Crippen molar-refractivity contribution in [2.45, 2.75) is 6.92 Å². The summed E-state index contributed by atoms with van der Waals surface area (Å²) in [5.74, 6) is -0.336. The van der Waals surface area contributed by atoms with Crippen LogP contribution in [0.2, 0.25) is 0 Å². The smallest absolute Gasteiger partial charge is 0.198 e. The van der Waals surface area contributed by atoms with Crippen molar-refractivity contribution in [2.24, 2.45) is 0 Å². The predicted octanol–water partition coefficient (Wildman–Crippen LogP) is 5.85. The minimum Gasteiger partial charge on any atom is -0.506 e. The second kappa shape index (κ2) is 7.49. The molecule has 3 heteroatoms. The lowest BCUT2D eigenvalue weighted by molar-refractivity contribution is 0.105. The maximum absolute atomic E-state index is 13.3. The van der Waals surface area contributed by atoms with Gasteiger partial charge < -0.3 is 5.11 Å². The minimum atomic E-state index is -0.262. The first-order valence-electron chi connectivity index (χ1n) is 9.10. The Labute approximate surface area is 163 Å². The fourth-order valence-electron chi connectivity index (χ4n) is 3.25. The molecule has 0 bridgehead atoms. The Kier molecular flexibility index (Phi) is 4.73. The quantitative estimate of drug-likeness (QED) is 0.280. The lowest BCUT2D eigenvalue weighted by Crippen LogP contribution is -2.08. The third-order valence-corrected chi connectivity index (χ3v) is 4.73. The number of carbonyl (C=O) groups excluding carboxylic acids is 1. The van der Waals surface area contributed by atoms with Gasteiger partial charge in [-0.05, 0) is 18.6 Å². The second-order valence-electron chi connectivity index (χ2n) is 6.63. The molecule has 3 nitrogen and oxygen atoms in total. The van der Waals surface area contributed by atoms with Crippen molar-refractivity contribution in [1.29, 1.82) is 0 Å². The van der Waals surface area contributed by atoms with E-state index in [9.17, 15) is 9.90 Å². The van der Waals surface area contributed by atoms with E-state index in [2.05, 4.69) is 0 Å². The molecule has 0 aliphatic heterocycles. The highest BCUT2D eigenvalue weighted by Crippen LogP contribution is 2.29. The molecule has 0 fully saturated rings. The van der Waals surface area contributed by atoms with Crippen LogP contribution in [-0.2, 0) is 0 Å². The van der Waals surface area contributed by atoms with Crippen molar-refractivity contribution in [3.05, 3.63) is 113 Å². The lowest BCUT2D eigenvalue weighted by Gasteiger charge is -2.12. The Hall–Kier alpha value is -3.72. The van der Waals surface area contributed by atoms with Gasteiger partial charge in [-0.15, -0.1) is 0 Å². The number of allylic oxidation sites excluding steroid dienone is 1. The standard InChI is InChI=1S/C25H19NO2/c1-17-9-8-14-18-15-16-21(26-23(17)18)22(24(27)19-10-4-2-5-11-19)25(28)20-12-6-3-7-13-20/h2-16,27H,1H3/b24-22+. The summed E-state index contributed by atoms with van der Waals surface area (Å²) in [5.41, 5.74) is 3.57. The van der Waals surface area contributed by atoms with Crippen molar-refractivity contribution < 1.29 is 9.90 Å². The van der Waals surface area contributed by atoms with E-state index in [1.54, 1.807) is 30.3 Å². The summed E-state index contributed by atoms with van der Waals surface area (Å²) < 4.78 is 0. The van der Waals surface area contributed by atoms with Gasteiger partial charge in [0.25, 0.3) is 0 Å². The molecule has 136 valence electrons. The van der Waals surface area contributed by atoms with E-state index in [0.29, 0.717) is 16.8 Å². The van der Waals surface area contributed by atoms with Crippen LogP contribution in [-0.4, -0.2) is 15.9 Å². The summed E-state index contributed by atoms with van der Waals surface area (Å²) in [6, 6.07) is 27.7. The minimum absolute atomic E-state index is 0.0742. The van der Waals surface area contributed by atoms with Gasteiger partial charge in [0.2, 0.25) is 0 Å². The molecular formula is C25H19NO2. The fourth-order valence-corrected chi connectivity index (χ4v) is 3.25. The molecule has 1 aromatic heterocycles. The van der Waals surface area contributed by atoms with Gasteiger partial charge in [0.15, 0.2) is 5.78 Å². The zero-order valence-electron chi connectivity index (χ0n) is 15.5. The predicted molar refractivity (Wildman–Crippen MR) is 113 cm³/mol. The van der Waals surface area contributed by atoms with Crippen LogP contribution < -0.4 is 0 Å². The van der Waals surface area contributed by atoms with Crippen LogP contribution in [0.1, 0.15) is 27.2 Å². The Balaban J connectivity index is 1.96. The Morgan fingerprint density at radius 1 is 0.750 bits per heavy atom. The third-order valence-electron chi connectivity index (χ3n) is 4.73. The van der Waals surface area contributed by atoms with E-state index in [-0.39, 0.29) is 17.1 Å². The van der Waals surface area contributed by atoms with Gasteiger partial charge in [-0.2, -0.15) is 0 Å². The SMILES string of the molecule is Cc1cccc2ccc(/C(C(=O)c3ccccc3)=C(\O)c3ccccc3)nc12. The number of aliphatic hydroxyl groups excluding tert-OH is 1. The Morgan fingerprint density at radius 2 is 1.39 bits per heavy atom. The number of aliphatic hydroxyl groups is 1. The monoisotopic (exact) mass is 365 g/mol. The molecule has 4 aromatic rings. The molecule has 0 saturated heterocycles. The zero-order chi connectivity index (χ0) is 19.5. The molecule has 0 aliphatic carbocycles. The molecule has 0 aliphatic rings. The van der Waals surface area contributed by atoms with Crippen LogP contribution in [0, 0.1) is 6.92 Å². The largest absolute Gasteiger partial charge is 0.506 e. The molecule has 0 radical (unpaired) electrons. The Bertz CT molecular complexity index is 1180. The van der Waals surface area contributed by atoms with E-state index < -0.39 is 0 Å². The summed E-state index contributed by atoms with van der Waals surface area (Å²) in [6.07, 6.45) is 0. The van der Waals surface area contributed by atoms with Gasteiger partial charge in [0, 0.05) is 16.5 Å². The van der Waals surface area contributed by atoms with Gasteiger partial charge in [0.05, 0.1) is 16.8 Å². The maximum atomic E-state index is 13.3. The van der Waals surface area contributed by atoms with Gasteiger partial charge >= 0.3 is 0 Å². The van der Waals surface area contributed by atoms with Crippen LogP contribution in [0.15, 0.2) is 91.0 Å². The third kappa shape index (κ3) is 3.30. The van der Waals surface area contributed by atoms with Gasteiger partial charge in [-0.25, -0.2) is 4.98 Å². The van der Waals surface area contributed by atoms with Crippen LogP contribution in [0.3, 0.4) is 0 Å². The fraction of sp³-hybridized carbons (Fsp3) is 0.0400. The average Bonchev–Trinajstić information content (AvgIpc) is 2.75. The summed E-state index contributed by atoms with van der Waals surface area (Å²) in [4.78, 5) is 18.1. The lowest BCUT2D eigenvalue weighted by atomic mass is 9.96. The van der Waals surface area contributed by atoms with Crippen LogP contribution in [0.5, 0.6) is 0 Å². The summed E-state index contributed by atoms with van der Waals surface area (Å²) >= 11 is 0. The van der Waals surface area contributed by atoms with Crippen molar-refractivity contribution in [3.63, 3.8) is 0 Å². The number of ketones is 1. The zero-order valence-corrected chi connectivity index (χ0v) is 15.5. The molecule has 4 rings (SSSR count). The molecule has 1 N–H and O–H groups in total. The van der Waals surface area contributed by atoms with Crippen LogP contribution >= 0.6 is 0 Å². The number of nitrogens with zero attached hydrogens (tertiary/aromatic N) is 1. The molecule has 0 amide bonds. The van der Waals surface area contributed by atoms with E-state index in [4.69, 9.17) is 4.98 Å². The number of rotatable bonds is 4. The number of benzene rings is 3. The highest BCUT2D eigenvalue weighted by molar-refractivity contribution is 6.33. The number of carbonyl (C=O) groups is 1. The Morgan fingerprint density at radius 3 is 2.07 bits per heavy atom. The number of aromatic nitrogens is 1. The molecule has 28 heavy (non-hydrogen) atoms. The number of fused-ring (bicyclic) bond motifs is 1. The van der Waals surface area contributed by atoms with Crippen molar-refractivity contribution >= 4 is 28.0 Å². The molecule has 0 unspecified atom stereocenters. The first kappa shape index (κ1) is 17.7. The van der Waals surface area contributed by atoms with Crippen molar-refractivity contribution in [3.8, 4) is 0 Å². The molecule has 0 saturated carbocycles. The number of hydrogen-bond donors (Lipinski definition) is 1. The molecule has 3 aromatic carbocycles. The second-order valence-corrected chi connectivity index (χ2v) is 6.63. The number of pyridine rings is 1. The molecular weight excluding hydrogens is 346 g/mol. The summed E-state index contributed by atoms with van der Waals surface area (Å²) in [6.45, 7) is 1.98. The number of para-hydroxylation sites is 1. The first-order valence-corrected chi connectivity index (χ1v) is 9.10. The van der Waals surface area contributed by atoms with Gasteiger partial charge in [-0.1, -0.05) is 84.9 Å². The number of hydrogen-bond acceptors (Lipinski definition) is 3. The molecule has 0 atom stereocenters. The maximum Gasteiger partial charge on any atom is 0.198 e. The topological polar surface area (TPSA) is 50.2 Å². The van der Waals surface area contributed by atoms with E-state index >= 15 is 0 Å². The first-order chi connectivity index (χ1) is 13.6. The summed E-state index contributed by atoms with van der Waals surface area (Å²) in [5, 5.41) is 12.0. The number of aryl methyl sites for hydroxylation is 1. The highest BCUT2D eigenvalue weighted by atomic mass is 16.3. The van der Waals surface area contributed by atoms with Crippen molar-refractivity contribution in [1.82, 2.24) is 4.98 Å². The van der Waals surface area contributed by atoms with Crippen LogP contribution in [0.4, 0.5) is 0 Å².